The molecular formula is C8H14N2O2S2. The summed E-state index contributed by atoms with van der Waals surface area (Å²) in [5.74, 6) is 1.68. The molecule has 1 unspecified atom stereocenters. The van der Waals surface area contributed by atoms with Crippen molar-refractivity contribution in [1.82, 2.24) is 5.32 Å². The Morgan fingerprint density at radius 3 is 2.93 bits per heavy atom. The highest BCUT2D eigenvalue weighted by molar-refractivity contribution is 8.13. The molecule has 0 radical (unpaired) electrons. The summed E-state index contributed by atoms with van der Waals surface area (Å²) in [7, 11) is -2.77. The topological polar surface area (TPSA) is 58.5 Å². The molecule has 2 rings (SSSR count). The lowest BCUT2D eigenvalue weighted by Crippen LogP contribution is -2.35. The number of nitrogens with zero attached hydrogens (tertiary/aromatic N) is 1. The monoisotopic (exact) mass is 234 g/mol. The van der Waals surface area contributed by atoms with E-state index in [0.717, 1.165) is 30.3 Å². The van der Waals surface area contributed by atoms with Gasteiger partial charge in [-0.3, -0.25) is 4.99 Å². The minimum absolute atomic E-state index is 0.0874. The molecule has 0 saturated carbocycles. The lowest BCUT2D eigenvalue weighted by Gasteiger charge is -2.16. The predicted octanol–water partition coefficient (Wildman–Crippen LogP) is 0.256. The summed E-state index contributed by atoms with van der Waals surface area (Å²) in [6.07, 6.45) is 1.85. The molecule has 1 saturated heterocycles. The Bertz CT molecular complexity index is 337. The molecule has 6 heteroatoms. The highest BCUT2D eigenvalue weighted by Crippen LogP contribution is 2.15. The van der Waals surface area contributed by atoms with E-state index in [9.17, 15) is 8.42 Å². The number of aliphatic imine (C=N–C) groups is 1. The lowest BCUT2D eigenvalue weighted by atomic mass is 10.3. The Kier molecular flexibility index (Phi) is 3.02. The molecule has 2 heterocycles. The van der Waals surface area contributed by atoms with Crippen LogP contribution in [0.15, 0.2) is 4.99 Å². The standard InChI is InChI=1S/C8H14N2O2S2/c11-14(12)5-2-7(6-14)10-8-9-3-1-4-13-8/h7H,1-6H2,(H,9,10). The van der Waals surface area contributed by atoms with Crippen LogP contribution in [-0.2, 0) is 9.84 Å². The van der Waals surface area contributed by atoms with Crippen LogP contribution in [0.2, 0.25) is 0 Å². The van der Waals surface area contributed by atoms with E-state index in [-0.39, 0.29) is 11.8 Å². The van der Waals surface area contributed by atoms with Crippen LogP contribution >= 0.6 is 11.8 Å². The van der Waals surface area contributed by atoms with Gasteiger partial charge in [0.1, 0.15) is 0 Å². The van der Waals surface area contributed by atoms with E-state index in [1.807, 2.05) is 0 Å². The molecule has 14 heavy (non-hydrogen) atoms. The number of hydrogen-bond donors (Lipinski definition) is 1. The Balaban J connectivity index is 1.90. The largest absolute Gasteiger partial charge is 0.361 e. The molecule has 1 fully saturated rings. The maximum Gasteiger partial charge on any atom is 0.156 e. The number of amidine groups is 1. The normalized spacial score (nSPS) is 31.1. The summed E-state index contributed by atoms with van der Waals surface area (Å²) >= 11 is 1.69. The van der Waals surface area contributed by atoms with Gasteiger partial charge in [0, 0.05) is 18.3 Å². The fraction of sp³-hybridized carbons (Fsp3) is 0.875. The molecular weight excluding hydrogens is 220 g/mol. The second kappa shape index (κ2) is 4.10. The van der Waals surface area contributed by atoms with Crippen LogP contribution in [-0.4, -0.2) is 43.4 Å². The highest BCUT2D eigenvalue weighted by Gasteiger charge is 2.28. The Morgan fingerprint density at radius 2 is 2.36 bits per heavy atom. The lowest BCUT2D eigenvalue weighted by molar-refractivity contribution is 0.600. The minimum Gasteiger partial charge on any atom is -0.361 e. The van der Waals surface area contributed by atoms with Gasteiger partial charge in [-0.05, 0) is 12.8 Å². The zero-order chi connectivity index (χ0) is 10.0. The molecule has 1 atom stereocenters. The number of nitrogens with one attached hydrogen (secondary N) is 1. The van der Waals surface area contributed by atoms with E-state index in [1.165, 1.54) is 0 Å². The molecule has 0 aromatic rings. The van der Waals surface area contributed by atoms with E-state index in [1.54, 1.807) is 11.8 Å². The fourth-order valence-electron chi connectivity index (χ4n) is 1.63. The summed E-state index contributed by atoms with van der Waals surface area (Å²) in [4.78, 5) is 4.31. The number of rotatable bonds is 1. The van der Waals surface area contributed by atoms with Gasteiger partial charge in [-0.2, -0.15) is 0 Å². The number of sulfone groups is 1. The van der Waals surface area contributed by atoms with Crippen LogP contribution in [0.5, 0.6) is 0 Å². The second-order valence-electron chi connectivity index (χ2n) is 3.63. The molecule has 0 spiro atoms. The van der Waals surface area contributed by atoms with Gasteiger partial charge in [-0.25, -0.2) is 8.42 Å². The van der Waals surface area contributed by atoms with Crippen molar-refractivity contribution in [3.05, 3.63) is 0 Å². The Morgan fingerprint density at radius 1 is 1.50 bits per heavy atom. The quantitative estimate of drug-likeness (QED) is 0.707. The summed E-state index contributed by atoms with van der Waals surface area (Å²) in [5.41, 5.74) is 0. The molecule has 80 valence electrons. The molecule has 2 aliphatic heterocycles. The minimum atomic E-state index is -2.77. The van der Waals surface area contributed by atoms with Crippen LogP contribution < -0.4 is 5.32 Å². The van der Waals surface area contributed by atoms with Crippen molar-refractivity contribution in [2.75, 3.05) is 23.8 Å². The van der Waals surface area contributed by atoms with Crippen molar-refractivity contribution in [3.63, 3.8) is 0 Å². The SMILES string of the molecule is O=S1(=O)CCC(NC2=NCCCS2)C1. The molecule has 4 nitrogen and oxygen atoms in total. The van der Waals surface area contributed by atoms with Crippen LogP contribution in [0.3, 0.4) is 0 Å². The van der Waals surface area contributed by atoms with E-state index in [4.69, 9.17) is 0 Å². The van der Waals surface area contributed by atoms with Crippen LogP contribution in [0.4, 0.5) is 0 Å². The zero-order valence-corrected chi connectivity index (χ0v) is 9.53. The number of hydrogen-bond acceptors (Lipinski definition) is 5. The van der Waals surface area contributed by atoms with Gasteiger partial charge in [0.15, 0.2) is 15.0 Å². The summed E-state index contributed by atoms with van der Waals surface area (Å²) in [6.45, 7) is 0.870. The number of thioether (sulfide) groups is 1. The third-order valence-corrected chi connectivity index (χ3v) is 5.14. The first-order valence-corrected chi connectivity index (χ1v) is 7.61. The molecule has 0 aliphatic carbocycles. The third-order valence-electron chi connectivity index (χ3n) is 2.36. The van der Waals surface area contributed by atoms with Gasteiger partial charge >= 0.3 is 0 Å². The summed E-state index contributed by atoms with van der Waals surface area (Å²) in [6, 6.07) is 0.0874. The molecule has 1 N–H and O–H groups in total. The van der Waals surface area contributed by atoms with Crippen LogP contribution in [0.25, 0.3) is 0 Å². The molecule has 0 aromatic carbocycles. The summed E-state index contributed by atoms with van der Waals surface area (Å²) < 4.78 is 22.4. The first-order valence-electron chi connectivity index (χ1n) is 4.80. The van der Waals surface area contributed by atoms with Crippen molar-refractivity contribution in [3.8, 4) is 0 Å². The van der Waals surface area contributed by atoms with Gasteiger partial charge in [0.2, 0.25) is 0 Å². The van der Waals surface area contributed by atoms with E-state index in [0.29, 0.717) is 5.75 Å². The maximum atomic E-state index is 11.2. The van der Waals surface area contributed by atoms with Crippen molar-refractivity contribution < 1.29 is 8.42 Å². The molecule has 2 aliphatic rings. The first kappa shape index (κ1) is 10.3. The molecule has 0 bridgehead atoms. The van der Waals surface area contributed by atoms with Gasteiger partial charge in [0.05, 0.1) is 11.5 Å². The molecule has 0 aromatic heterocycles. The summed E-state index contributed by atoms with van der Waals surface area (Å²) in [5, 5.41) is 4.14. The van der Waals surface area contributed by atoms with Crippen molar-refractivity contribution in [2.24, 2.45) is 4.99 Å². The Hall–Kier alpha value is -0.230. The van der Waals surface area contributed by atoms with E-state index in [2.05, 4.69) is 10.3 Å². The highest BCUT2D eigenvalue weighted by atomic mass is 32.2. The van der Waals surface area contributed by atoms with Crippen LogP contribution in [0.1, 0.15) is 12.8 Å². The molecule has 0 amide bonds. The average molecular weight is 234 g/mol. The van der Waals surface area contributed by atoms with Crippen LogP contribution in [0, 0.1) is 0 Å². The van der Waals surface area contributed by atoms with Crippen molar-refractivity contribution in [1.29, 1.82) is 0 Å². The van der Waals surface area contributed by atoms with Crippen molar-refractivity contribution in [2.45, 2.75) is 18.9 Å². The maximum absolute atomic E-state index is 11.2. The smallest absolute Gasteiger partial charge is 0.156 e. The first-order chi connectivity index (χ1) is 6.66. The van der Waals surface area contributed by atoms with E-state index >= 15 is 0 Å². The van der Waals surface area contributed by atoms with Gasteiger partial charge < -0.3 is 5.32 Å². The third kappa shape index (κ3) is 2.63. The van der Waals surface area contributed by atoms with E-state index < -0.39 is 9.84 Å². The second-order valence-corrected chi connectivity index (χ2v) is 6.95. The predicted molar refractivity (Wildman–Crippen MR) is 59.6 cm³/mol. The fourth-order valence-corrected chi connectivity index (χ4v) is 4.20. The van der Waals surface area contributed by atoms with Gasteiger partial charge in [-0.15, -0.1) is 0 Å². The van der Waals surface area contributed by atoms with Gasteiger partial charge in [-0.1, -0.05) is 11.8 Å². The van der Waals surface area contributed by atoms with Gasteiger partial charge in [0.25, 0.3) is 0 Å². The average Bonchev–Trinajstić information content (AvgIpc) is 2.47. The van der Waals surface area contributed by atoms with Crippen molar-refractivity contribution >= 4 is 26.8 Å². The Labute approximate surface area is 88.5 Å². The zero-order valence-electron chi connectivity index (χ0n) is 7.90.